The minimum Gasteiger partial charge on any atom is -0.493 e. The second-order valence-corrected chi connectivity index (χ2v) is 16.7. The van der Waals surface area contributed by atoms with Crippen molar-refractivity contribution < 1.29 is 42.2 Å². The summed E-state index contributed by atoms with van der Waals surface area (Å²) in [5, 5.41) is 8.87. The third-order valence-electron chi connectivity index (χ3n) is 9.24. The van der Waals surface area contributed by atoms with Crippen molar-refractivity contribution in [3.63, 3.8) is 0 Å². The minimum absolute atomic E-state index is 0.144. The first-order valence-electron chi connectivity index (χ1n) is 16.9. The van der Waals surface area contributed by atoms with Gasteiger partial charge >= 0.3 is 20.9 Å². The normalized spacial score (nSPS) is 13.7. The fraction of sp³-hybridized carbons (Fsp3) is 0.231. The van der Waals surface area contributed by atoms with E-state index in [9.17, 15) is 37.5 Å². The summed E-state index contributed by atoms with van der Waals surface area (Å²) in [5.74, 6) is 0.509. The molecule has 0 radical (unpaired) electrons. The van der Waals surface area contributed by atoms with Crippen molar-refractivity contribution in [2.45, 2.75) is 44.3 Å². The van der Waals surface area contributed by atoms with Crippen LogP contribution < -0.4 is 10.0 Å². The summed E-state index contributed by atoms with van der Waals surface area (Å²) in [6.07, 6.45) is 1.32. The minimum atomic E-state index is -5.76. The molecule has 0 saturated carbocycles. The van der Waals surface area contributed by atoms with Crippen LogP contribution in [0.4, 0.5) is 8.78 Å². The smallest absolute Gasteiger partial charge is 0.399 e. The Kier molecular flexibility index (Phi) is 10.9. The molecule has 1 unspecified atom stereocenters. The van der Waals surface area contributed by atoms with E-state index in [0.29, 0.717) is 35.6 Å². The highest BCUT2D eigenvalue weighted by Gasteiger charge is 2.50. The second kappa shape index (κ2) is 15.1. The predicted molar refractivity (Wildman–Crippen MR) is 199 cm³/mol. The molecule has 1 aromatic heterocycles. The zero-order chi connectivity index (χ0) is 38.0. The largest absolute Gasteiger partial charge is 0.493 e. The Morgan fingerprint density at radius 2 is 1.32 bits per heavy atom. The molecule has 0 aliphatic carbocycles. The van der Waals surface area contributed by atoms with E-state index >= 15 is 0 Å². The van der Waals surface area contributed by atoms with E-state index < -0.39 is 32.0 Å². The van der Waals surface area contributed by atoms with Gasteiger partial charge in [0.15, 0.2) is 0 Å². The zero-order valence-electron chi connectivity index (χ0n) is 29.0. The van der Waals surface area contributed by atoms with Crippen molar-refractivity contribution in [2.24, 2.45) is 5.92 Å². The third kappa shape index (κ3) is 8.19. The number of para-hydroxylation sites is 1. The maximum atomic E-state index is 14.6. The molecule has 5 aromatic carbocycles. The highest BCUT2D eigenvalue weighted by Crippen LogP contribution is 2.59. The number of halogens is 2. The maximum absolute atomic E-state index is 14.6. The van der Waals surface area contributed by atoms with Crippen LogP contribution in [0.3, 0.4) is 0 Å². The van der Waals surface area contributed by atoms with Gasteiger partial charge in [0, 0.05) is 18.4 Å². The van der Waals surface area contributed by atoms with Crippen LogP contribution in [0, 0.1) is 5.92 Å². The molecule has 1 atom stereocenters. The fourth-order valence-corrected chi connectivity index (χ4v) is 7.62. The molecule has 0 aliphatic rings. The maximum Gasteiger partial charge on any atom is 0.399 e. The van der Waals surface area contributed by atoms with Crippen LogP contribution in [0.15, 0.2) is 121 Å². The molecule has 6 aromatic rings. The summed E-state index contributed by atoms with van der Waals surface area (Å²) in [4.78, 5) is 38.9. The number of fused-ring (bicyclic) bond motifs is 1. The lowest BCUT2D eigenvalue weighted by Crippen LogP contribution is -2.40. The topological polar surface area (TPSA) is 155 Å². The molecule has 0 spiro atoms. The van der Waals surface area contributed by atoms with Gasteiger partial charge in [0.1, 0.15) is 16.6 Å². The quantitative estimate of drug-likeness (QED) is 0.0815. The number of nitrogens with zero attached hydrogens (tertiary/aromatic N) is 3. The molecule has 4 N–H and O–H groups in total. The number of aromatic nitrogens is 3. The SMILES string of the molecule is CC(C)CCOc1ccc(-c2ccc(CC(Cc3ccc(C(F)(F)P(=O)(O)O)cc3)(c3ccccc3)n3nnc4ccccc43)cc2)cc1P(=O)(O)O. The molecule has 0 amide bonds. The molecule has 0 bridgehead atoms. The first kappa shape index (κ1) is 38.2. The van der Waals surface area contributed by atoms with Gasteiger partial charge in [0.2, 0.25) is 0 Å². The molecule has 14 heteroatoms. The Morgan fingerprint density at radius 3 is 1.92 bits per heavy atom. The summed E-state index contributed by atoms with van der Waals surface area (Å²) in [7, 11) is -10.4. The van der Waals surface area contributed by atoms with E-state index in [-0.39, 0.29) is 17.5 Å². The fourth-order valence-electron chi connectivity index (χ4n) is 6.41. The Labute approximate surface area is 305 Å². The summed E-state index contributed by atoms with van der Waals surface area (Å²) in [6.45, 7) is 4.40. The van der Waals surface area contributed by atoms with Crippen molar-refractivity contribution in [1.82, 2.24) is 15.0 Å². The van der Waals surface area contributed by atoms with E-state index in [1.165, 1.54) is 18.2 Å². The van der Waals surface area contributed by atoms with E-state index in [4.69, 9.17) is 4.74 Å². The third-order valence-corrected chi connectivity index (χ3v) is 11.2. The molecule has 10 nitrogen and oxygen atoms in total. The molecule has 1 heterocycles. The van der Waals surface area contributed by atoms with Crippen molar-refractivity contribution in [3.8, 4) is 16.9 Å². The van der Waals surface area contributed by atoms with Gasteiger partial charge in [0.25, 0.3) is 0 Å². The molecule has 6 rings (SSSR count). The van der Waals surface area contributed by atoms with Crippen LogP contribution in [0.5, 0.6) is 5.75 Å². The van der Waals surface area contributed by atoms with Crippen LogP contribution in [0.2, 0.25) is 0 Å². The molecule has 53 heavy (non-hydrogen) atoms. The molecular weight excluding hydrogens is 722 g/mol. The van der Waals surface area contributed by atoms with Crippen LogP contribution in [-0.2, 0) is 33.2 Å². The first-order chi connectivity index (χ1) is 25.1. The van der Waals surface area contributed by atoms with Crippen LogP contribution in [0.1, 0.15) is 42.5 Å². The summed E-state index contributed by atoms with van der Waals surface area (Å²) >= 11 is 0. The average molecular weight is 762 g/mol. The van der Waals surface area contributed by atoms with E-state index in [2.05, 4.69) is 10.3 Å². The highest BCUT2D eigenvalue weighted by atomic mass is 31.2. The highest BCUT2D eigenvalue weighted by molar-refractivity contribution is 7.60. The van der Waals surface area contributed by atoms with Gasteiger partial charge in [-0.3, -0.25) is 9.13 Å². The van der Waals surface area contributed by atoms with Crippen LogP contribution >= 0.6 is 15.2 Å². The van der Waals surface area contributed by atoms with Crippen LogP contribution in [-0.4, -0.2) is 41.2 Å². The van der Waals surface area contributed by atoms with Crippen LogP contribution in [0.25, 0.3) is 22.2 Å². The molecule has 276 valence electrons. The van der Waals surface area contributed by atoms with E-state index in [1.54, 1.807) is 12.1 Å². The Morgan fingerprint density at radius 1 is 0.736 bits per heavy atom. The van der Waals surface area contributed by atoms with Gasteiger partial charge in [-0.05, 0) is 64.4 Å². The molecule has 0 aliphatic heterocycles. The lowest BCUT2D eigenvalue weighted by molar-refractivity contribution is 0.0564. The van der Waals surface area contributed by atoms with Gasteiger partial charge in [0.05, 0.1) is 17.7 Å². The molecular formula is C39H39F2N3O7P2. The number of hydrogen-bond donors (Lipinski definition) is 4. The molecule has 0 saturated heterocycles. The molecule has 0 fully saturated rings. The number of rotatable bonds is 14. The van der Waals surface area contributed by atoms with Crippen molar-refractivity contribution in [1.29, 1.82) is 0 Å². The second-order valence-electron chi connectivity index (χ2n) is 13.5. The lowest BCUT2D eigenvalue weighted by atomic mass is 9.78. The Balaban J connectivity index is 1.41. The number of hydrogen-bond acceptors (Lipinski definition) is 5. The predicted octanol–water partition coefficient (Wildman–Crippen LogP) is 7.78. The number of ether oxygens (including phenoxy) is 1. The first-order valence-corrected chi connectivity index (χ1v) is 20.1. The van der Waals surface area contributed by atoms with Gasteiger partial charge in [-0.15, -0.1) is 5.10 Å². The van der Waals surface area contributed by atoms with Gasteiger partial charge in [-0.1, -0.05) is 116 Å². The zero-order valence-corrected chi connectivity index (χ0v) is 30.7. The Bertz CT molecular complexity index is 2290. The lowest BCUT2D eigenvalue weighted by Gasteiger charge is -2.36. The van der Waals surface area contributed by atoms with Crippen molar-refractivity contribution in [3.05, 3.63) is 144 Å². The summed E-state index contributed by atoms with van der Waals surface area (Å²) in [5.41, 5.74) is -1.10. The van der Waals surface area contributed by atoms with E-state index in [1.807, 2.05) is 97.4 Å². The summed E-state index contributed by atoms with van der Waals surface area (Å²) in [6, 6.07) is 34.3. The Hall–Kier alpha value is -4.54. The van der Waals surface area contributed by atoms with Gasteiger partial charge < -0.3 is 24.3 Å². The van der Waals surface area contributed by atoms with Gasteiger partial charge in [-0.2, -0.15) is 8.78 Å². The van der Waals surface area contributed by atoms with Crippen molar-refractivity contribution in [2.75, 3.05) is 6.61 Å². The standard InChI is InChI=1S/C39H39F2N3O7P2/c1-27(2)22-23-51-36-21-18-31(24-37(36)52(45,46)47)30-16-12-28(13-17-30)25-38(32-8-4-3-5-9-32,44-35-11-7-6-10-34(35)42-43-44)26-29-14-19-33(20-15-29)39(40,41)53(48,49)50/h3-21,24,27H,22-23,25-26H2,1-2H3,(H2,45,46,47)(H2,48,49,50). The monoisotopic (exact) mass is 761 g/mol. The number of benzene rings is 5. The summed E-state index contributed by atoms with van der Waals surface area (Å²) < 4.78 is 60.8. The van der Waals surface area contributed by atoms with E-state index in [0.717, 1.165) is 40.8 Å². The number of alkyl halides is 2. The van der Waals surface area contributed by atoms with Gasteiger partial charge in [-0.25, -0.2) is 4.68 Å². The average Bonchev–Trinajstić information content (AvgIpc) is 3.56. The van der Waals surface area contributed by atoms with Crippen molar-refractivity contribution >= 4 is 31.5 Å².